The summed E-state index contributed by atoms with van der Waals surface area (Å²) in [5, 5.41) is 3.03. The van der Waals surface area contributed by atoms with E-state index in [0.717, 1.165) is 21.2 Å². The third-order valence-corrected chi connectivity index (χ3v) is 6.24. The van der Waals surface area contributed by atoms with Crippen molar-refractivity contribution in [3.05, 3.63) is 106 Å². The van der Waals surface area contributed by atoms with Crippen LogP contribution in [0.3, 0.4) is 0 Å². The monoisotopic (exact) mass is 520 g/mol. The Morgan fingerprint density at radius 1 is 0.853 bits per heavy atom. The first-order valence-electron chi connectivity index (χ1n) is 11.6. The fraction of sp³-hybridized carbons (Fsp3) is 0.310. The molecule has 3 aromatic rings. The van der Waals surface area contributed by atoms with Crippen LogP contribution >= 0.6 is 15.9 Å². The molecule has 0 saturated carbocycles. The molecule has 3 aromatic carbocycles. The zero-order valence-corrected chi connectivity index (χ0v) is 21.9. The summed E-state index contributed by atoms with van der Waals surface area (Å²) in [7, 11) is 0. The molecule has 0 fully saturated rings. The first-order valence-corrected chi connectivity index (χ1v) is 12.4. The van der Waals surface area contributed by atoms with Gasteiger partial charge in [0.1, 0.15) is 6.04 Å². The van der Waals surface area contributed by atoms with Gasteiger partial charge in [-0.15, -0.1) is 0 Å². The van der Waals surface area contributed by atoms with E-state index in [-0.39, 0.29) is 29.7 Å². The van der Waals surface area contributed by atoms with Crippen molar-refractivity contribution in [3.63, 3.8) is 0 Å². The smallest absolute Gasteiger partial charge is 0.242 e. The second kappa shape index (κ2) is 11.5. The summed E-state index contributed by atoms with van der Waals surface area (Å²) in [5.41, 5.74) is 2.76. The third-order valence-electron chi connectivity index (χ3n) is 5.71. The van der Waals surface area contributed by atoms with Crippen LogP contribution in [-0.4, -0.2) is 28.3 Å². The Hall–Kier alpha value is -2.92. The molecule has 2 amide bonds. The summed E-state index contributed by atoms with van der Waals surface area (Å²) < 4.78 is 0.973. The number of rotatable bonds is 8. The quantitative estimate of drug-likeness (QED) is 0.378. The van der Waals surface area contributed by atoms with Gasteiger partial charge in [-0.25, -0.2) is 0 Å². The van der Waals surface area contributed by atoms with Gasteiger partial charge in [-0.3, -0.25) is 9.59 Å². The van der Waals surface area contributed by atoms with Gasteiger partial charge in [-0.1, -0.05) is 88.7 Å². The van der Waals surface area contributed by atoms with Crippen molar-refractivity contribution >= 4 is 27.7 Å². The molecule has 3 rings (SSSR count). The van der Waals surface area contributed by atoms with Gasteiger partial charge in [-0.2, -0.15) is 0 Å². The summed E-state index contributed by atoms with van der Waals surface area (Å²) in [6, 6.07) is 27.4. The predicted molar refractivity (Wildman–Crippen MR) is 141 cm³/mol. The predicted octanol–water partition coefficient (Wildman–Crippen LogP) is 6.30. The van der Waals surface area contributed by atoms with Crippen LogP contribution in [0, 0.1) is 0 Å². The summed E-state index contributed by atoms with van der Waals surface area (Å²) in [5.74, 6) is -0.314. The molecule has 0 heterocycles. The molecule has 0 aliphatic carbocycles. The van der Waals surface area contributed by atoms with Gasteiger partial charge in [0.15, 0.2) is 0 Å². The highest BCUT2D eigenvalue weighted by molar-refractivity contribution is 9.10. The van der Waals surface area contributed by atoms with Crippen molar-refractivity contribution < 1.29 is 9.59 Å². The molecule has 0 radical (unpaired) electrons. The maximum atomic E-state index is 13.8. The fourth-order valence-corrected chi connectivity index (χ4v) is 4.20. The Bertz CT molecular complexity index is 1040. The Morgan fingerprint density at radius 2 is 1.35 bits per heavy atom. The van der Waals surface area contributed by atoms with Gasteiger partial charge < -0.3 is 10.2 Å². The normalized spacial score (nSPS) is 12.3. The van der Waals surface area contributed by atoms with Gasteiger partial charge in [0, 0.05) is 28.9 Å². The second-order valence-corrected chi connectivity index (χ2v) is 10.6. The fourth-order valence-electron chi connectivity index (χ4n) is 3.93. The number of halogens is 1. The highest BCUT2D eigenvalue weighted by Gasteiger charge is 2.30. The molecule has 0 aromatic heterocycles. The van der Waals surface area contributed by atoms with Gasteiger partial charge in [0.05, 0.1) is 0 Å². The molecule has 0 aliphatic heterocycles. The van der Waals surface area contributed by atoms with Crippen molar-refractivity contribution in [3.8, 4) is 0 Å². The van der Waals surface area contributed by atoms with Crippen LogP contribution in [0.25, 0.3) is 0 Å². The molecule has 0 unspecified atom stereocenters. The van der Waals surface area contributed by atoms with Gasteiger partial charge in [-0.05, 0) is 56.5 Å². The largest absolute Gasteiger partial charge is 0.350 e. The summed E-state index contributed by atoms with van der Waals surface area (Å²) >= 11 is 3.47. The summed E-state index contributed by atoms with van der Waals surface area (Å²) in [6.45, 7) is 8.00. The van der Waals surface area contributed by atoms with E-state index in [1.54, 1.807) is 11.8 Å². The SMILES string of the molecule is C[C@@H](C(=O)NC(C)(C)C)N(Cc1ccc(Br)cc1)C(=O)CC(c1ccccc1)c1ccccc1. The zero-order chi connectivity index (χ0) is 24.7. The van der Waals surface area contributed by atoms with E-state index in [2.05, 4.69) is 45.5 Å². The van der Waals surface area contributed by atoms with Crippen molar-refractivity contribution in [2.45, 2.75) is 58.2 Å². The molecule has 0 saturated heterocycles. The number of hydrogen-bond donors (Lipinski definition) is 1. The lowest BCUT2D eigenvalue weighted by Gasteiger charge is -2.32. The number of nitrogens with one attached hydrogen (secondary N) is 1. The molecular formula is C29H33BrN2O2. The minimum Gasteiger partial charge on any atom is -0.350 e. The summed E-state index contributed by atoms with van der Waals surface area (Å²) in [6.07, 6.45) is 0.275. The standard InChI is InChI=1S/C29H33BrN2O2/c1-21(28(34)31-29(2,3)4)32(20-22-15-17-25(30)18-16-22)27(33)19-26(23-11-7-5-8-12-23)24-13-9-6-10-14-24/h5-18,21,26H,19-20H2,1-4H3,(H,31,34)/t21-/m0/s1. The van der Waals surface area contributed by atoms with E-state index < -0.39 is 6.04 Å². The number of hydrogen-bond acceptors (Lipinski definition) is 2. The number of carbonyl (C=O) groups is 2. The first-order chi connectivity index (χ1) is 16.1. The maximum absolute atomic E-state index is 13.8. The van der Waals surface area contributed by atoms with Crippen molar-refractivity contribution in [1.29, 1.82) is 0 Å². The molecule has 0 bridgehead atoms. The van der Waals surface area contributed by atoms with Crippen LogP contribution in [0.4, 0.5) is 0 Å². The van der Waals surface area contributed by atoms with Crippen LogP contribution in [0.15, 0.2) is 89.4 Å². The molecular weight excluding hydrogens is 488 g/mol. The minimum absolute atomic E-state index is 0.0582. The summed E-state index contributed by atoms with van der Waals surface area (Å²) in [4.78, 5) is 28.6. The Morgan fingerprint density at radius 3 is 1.82 bits per heavy atom. The van der Waals surface area contributed by atoms with Crippen LogP contribution in [0.5, 0.6) is 0 Å². The van der Waals surface area contributed by atoms with Gasteiger partial charge in [0.25, 0.3) is 0 Å². The number of benzene rings is 3. The van der Waals surface area contributed by atoms with Crippen LogP contribution < -0.4 is 5.32 Å². The van der Waals surface area contributed by atoms with E-state index >= 15 is 0 Å². The molecule has 34 heavy (non-hydrogen) atoms. The second-order valence-electron chi connectivity index (χ2n) is 9.64. The molecule has 1 N–H and O–H groups in total. The molecule has 0 aliphatic rings. The molecule has 1 atom stereocenters. The number of amides is 2. The van der Waals surface area contributed by atoms with E-state index in [0.29, 0.717) is 6.54 Å². The third kappa shape index (κ3) is 7.29. The number of carbonyl (C=O) groups excluding carboxylic acids is 2. The molecule has 0 spiro atoms. The Balaban J connectivity index is 1.92. The lowest BCUT2D eigenvalue weighted by molar-refractivity contribution is -0.141. The molecule has 178 valence electrons. The first kappa shape index (κ1) is 25.7. The van der Waals surface area contributed by atoms with Crippen molar-refractivity contribution in [2.24, 2.45) is 0 Å². The topological polar surface area (TPSA) is 49.4 Å². The maximum Gasteiger partial charge on any atom is 0.242 e. The van der Waals surface area contributed by atoms with Gasteiger partial charge in [0.2, 0.25) is 11.8 Å². The Kier molecular flexibility index (Phi) is 8.67. The van der Waals surface area contributed by atoms with Crippen molar-refractivity contribution in [2.75, 3.05) is 0 Å². The average molecular weight is 521 g/mol. The van der Waals surface area contributed by atoms with E-state index in [4.69, 9.17) is 0 Å². The number of nitrogens with zero attached hydrogens (tertiary/aromatic N) is 1. The van der Waals surface area contributed by atoms with Crippen molar-refractivity contribution in [1.82, 2.24) is 10.2 Å². The minimum atomic E-state index is -0.609. The highest BCUT2D eigenvalue weighted by Crippen LogP contribution is 2.29. The molecule has 4 nitrogen and oxygen atoms in total. The lowest BCUT2D eigenvalue weighted by atomic mass is 9.88. The molecule has 5 heteroatoms. The van der Waals surface area contributed by atoms with Crippen LogP contribution in [0.2, 0.25) is 0 Å². The average Bonchev–Trinajstić information content (AvgIpc) is 2.81. The lowest BCUT2D eigenvalue weighted by Crippen LogP contribution is -2.52. The van der Waals surface area contributed by atoms with E-state index in [9.17, 15) is 9.59 Å². The van der Waals surface area contributed by atoms with Gasteiger partial charge >= 0.3 is 0 Å². The zero-order valence-electron chi connectivity index (χ0n) is 20.3. The van der Waals surface area contributed by atoms with E-state index in [1.807, 2.05) is 81.4 Å². The van der Waals surface area contributed by atoms with Crippen LogP contribution in [0.1, 0.15) is 56.7 Å². The Labute approximate surface area is 211 Å². The van der Waals surface area contributed by atoms with Crippen LogP contribution in [-0.2, 0) is 16.1 Å². The highest BCUT2D eigenvalue weighted by atomic mass is 79.9. The van der Waals surface area contributed by atoms with E-state index in [1.165, 1.54) is 0 Å².